The lowest BCUT2D eigenvalue weighted by atomic mass is 9.88. The molecule has 0 saturated carbocycles. The predicted molar refractivity (Wildman–Crippen MR) is 59.0 cm³/mol. The molecule has 0 bridgehead atoms. The van der Waals surface area contributed by atoms with Crippen LogP contribution < -0.4 is 5.73 Å². The summed E-state index contributed by atoms with van der Waals surface area (Å²) in [4.78, 5) is 0. The van der Waals surface area contributed by atoms with Gasteiger partial charge in [0.1, 0.15) is 0 Å². The van der Waals surface area contributed by atoms with Gasteiger partial charge in [0.2, 0.25) is 0 Å². The van der Waals surface area contributed by atoms with Gasteiger partial charge in [0.25, 0.3) is 0 Å². The minimum Gasteiger partial charge on any atom is -0.325 e. The zero-order valence-electron chi connectivity index (χ0n) is 9.45. The molecule has 0 aromatic carbocycles. The predicted octanol–water partition coefficient (Wildman–Crippen LogP) is 1.87. The van der Waals surface area contributed by atoms with Crippen molar-refractivity contribution in [2.75, 3.05) is 0 Å². The molecule has 0 aliphatic carbocycles. The van der Waals surface area contributed by atoms with Crippen LogP contribution in [-0.4, -0.2) is 15.3 Å². The van der Waals surface area contributed by atoms with Crippen LogP contribution in [0.25, 0.3) is 0 Å². The topological polar surface area (TPSA) is 43.8 Å². The van der Waals surface area contributed by atoms with Crippen molar-refractivity contribution in [3.63, 3.8) is 0 Å². The standard InChI is InChI=1S/C11H21N3/c1-4-11(12,5-2)7-6-10-8-13-14(3)9-10/h8-9H,4-7,12H2,1-3H3. The Hall–Kier alpha value is -0.830. The fraction of sp³-hybridized carbons (Fsp3) is 0.727. The van der Waals surface area contributed by atoms with Crippen LogP contribution in [0.4, 0.5) is 0 Å². The largest absolute Gasteiger partial charge is 0.325 e. The first-order valence-corrected chi connectivity index (χ1v) is 5.36. The van der Waals surface area contributed by atoms with Crippen molar-refractivity contribution >= 4 is 0 Å². The molecule has 0 saturated heterocycles. The van der Waals surface area contributed by atoms with Crippen molar-refractivity contribution in [3.8, 4) is 0 Å². The highest BCUT2D eigenvalue weighted by Crippen LogP contribution is 2.18. The van der Waals surface area contributed by atoms with E-state index in [1.54, 1.807) is 0 Å². The number of hydrogen-bond acceptors (Lipinski definition) is 2. The first-order chi connectivity index (χ1) is 6.59. The second kappa shape index (κ2) is 4.60. The highest BCUT2D eigenvalue weighted by Gasteiger charge is 2.19. The molecule has 80 valence electrons. The summed E-state index contributed by atoms with van der Waals surface area (Å²) in [7, 11) is 1.94. The molecule has 0 aliphatic heterocycles. The van der Waals surface area contributed by atoms with Gasteiger partial charge in [-0.05, 0) is 31.2 Å². The molecule has 0 radical (unpaired) electrons. The first kappa shape index (κ1) is 11.2. The van der Waals surface area contributed by atoms with E-state index >= 15 is 0 Å². The van der Waals surface area contributed by atoms with Crippen molar-refractivity contribution in [2.24, 2.45) is 12.8 Å². The molecule has 0 atom stereocenters. The summed E-state index contributed by atoms with van der Waals surface area (Å²) >= 11 is 0. The quantitative estimate of drug-likeness (QED) is 0.779. The van der Waals surface area contributed by atoms with Crippen LogP contribution in [0.3, 0.4) is 0 Å². The Labute approximate surface area is 86.3 Å². The Morgan fingerprint density at radius 1 is 1.43 bits per heavy atom. The maximum atomic E-state index is 6.22. The van der Waals surface area contributed by atoms with Gasteiger partial charge in [0, 0.05) is 18.8 Å². The lowest BCUT2D eigenvalue weighted by molar-refractivity contribution is 0.367. The Morgan fingerprint density at radius 3 is 2.50 bits per heavy atom. The average Bonchev–Trinajstić information content (AvgIpc) is 2.61. The third-order valence-electron chi connectivity index (χ3n) is 3.08. The van der Waals surface area contributed by atoms with Crippen molar-refractivity contribution in [1.29, 1.82) is 0 Å². The lowest BCUT2D eigenvalue weighted by Gasteiger charge is -2.26. The number of nitrogens with two attached hydrogens (primary N) is 1. The van der Waals surface area contributed by atoms with Gasteiger partial charge in [-0.2, -0.15) is 5.10 Å². The molecule has 1 aromatic rings. The molecular weight excluding hydrogens is 174 g/mol. The monoisotopic (exact) mass is 195 g/mol. The zero-order valence-corrected chi connectivity index (χ0v) is 9.45. The third-order valence-corrected chi connectivity index (χ3v) is 3.08. The fourth-order valence-corrected chi connectivity index (χ4v) is 1.60. The van der Waals surface area contributed by atoms with E-state index in [9.17, 15) is 0 Å². The summed E-state index contributed by atoms with van der Waals surface area (Å²) in [6, 6.07) is 0. The number of aryl methyl sites for hydroxylation is 2. The molecule has 1 heterocycles. The average molecular weight is 195 g/mol. The van der Waals surface area contributed by atoms with E-state index in [0.717, 1.165) is 25.7 Å². The maximum Gasteiger partial charge on any atom is 0.0521 e. The molecule has 0 unspecified atom stereocenters. The van der Waals surface area contributed by atoms with Gasteiger partial charge in [-0.25, -0.2) is 0 Å². The second-order valence-electron chi connectivity index (χ2n) is 4.09. The molecule has 3 heteroatoms. The number of hydrogen-bond donors (Lipinski definition) is 1. The van der Waals surface area contributed by atoms with Crippen LogP contribution in [-0.2, 0) is 13.5 Å². The minimum atomic E-state index is 0.00976. The summed E-state index contributed by atoms with van der Waals surface area (Å²) in [5, 5.41) is 4.14. The summed E-state index contributed by atoms with van der Waals surface area (Å²) in [6.45, 7) is 4.32. The number of nitrogens with zero attached hydrogens (tertiary/aromatic N) is 2. The van der Waals surface area contributed by atoms with Gasteiger partial charge in [0.05, 0.1) is 6.20 Å². The van der Waals surface area contributed by atoms with Gasteiger partial charge in [-0.15, -0.1) is 0 Å². The first-order valence-electron chi connectivity index (χ1n) is 5.36. The summed E-state index contributed by atoms with van der Waals surface area (Å²) in [5.41, 5.74) is 7.52. The Morgan fingerprint density at radius 2 is 2.07 bits per heavy atom. The van der Waals surface area contributed by atoms with Crippen molar-refractivity contribution in [1.82, 2.24) is 9.78 Å². The third kappa shape index (κ3) is 2.84. The molecule has 0 amide bonds. The smallest absolute Gasteiger partial charge is 0.0521 e. The molecule has 3 nitrogen and oxygen atoms in total. The molecular formula is C11H21N3. The van der Waals surface area contributed by atoms with Gasteiger partial charge < -0.3 is 5.73 Å². The number of rotatable bonds is 5. The van der Waals surface area contributed by atoms with E-state index in [1.165, 1.54) is 5.56 Å². The van der Waals surface area contributed by atoms with Crippen LogP contribution in [0.1, 0.15) is 38.7 Å². The van der Waals surface area contributed by atoms with E-state index in [-0.39, 0.29) is 5.54 Å². The van der Waals surface area contributed by atoms with E-state index in [4.69, 9.17) is 5.73 Å². The fourth-order valence-electron chi connectivity index (χ4n) is 1.60. The Kier molecular flexibility index (Phi) is 3.69. The molecule has 0 spiro atoms. The molecule has 2 N–H and O–H groups in total. The minimum absolute atomic E-state index is 0.00976. The SMILES string of the molecule is CCC(N)(CC)CCc1cnn(C)c1. The molecule has 0 aliphatic rings. The molecule has 14 heavy (non-hydrogen) atoms. The van der Waals surface area contributed by atoms with Gasteiger partial charge in [0.15, 0.2) is 0 Å². The van der Waals surface area contributed by atoms with Crippen LogP contribution >= 0.6 is 0 Å². The normalized spacial score (nSPS) is 12.0. The molecule has 1 aromatic heterocycles. The van der Waals surface area contributed by atoms with Crippen molar-refractivity contribution < 1.29 is 0 Å². The van der Waals surface area contributed by atoms with Crippen LogP contribution in [0.15, 0.2) is 12.4 Å². The van der Waals surface area contributed by atoms with E-state index < -0.39 is 0 Å². The highest BCUT2D eigenvalue weighted by molar-refractivity contribution is 5.05. The number of aromatic nitrogens is 2. The second-order valence-corrected chi connectivity index (χ2v) is 4.09. The van der Waals surface area contributed by atoms with Crippen LogP contribution in [0, 0.1) is 0 Å². The lowest BCUT2D eigenvalue weighted by Crippen LogP contribution is -2.38. The summed E-state index contributed by atoms with van der Waals surface area (Å²) in [6.07, 6.45) is 8.16. The van der Waals surface area contributed by atoms with Crippen molar-refractivity contribution in [3.05, 3.63) is 18.0 Å². The van der Waals surface area contributed by atoms with Gasteiger partial charge >= 0.3 is 0 Å². The van der Waals surface area contributed by atoms with Crippen LogP contribution in [0.5, 0.6) is 0 Å². The highest BCUT2D eigenvalue weighted by atomic mass is 15.2. The van der Waals surface area contributed by atoms with Crippen molar-refractivity contribution in [2.45, 2.75) is 45.1 Å². The molecule has 1 rings (SSSR count). The van der Waals surface area contributed by atoms with Gasteiger partial charge in [-0.3, -0.25) is 4.68 Å². The Balaban J connectivity index is 2.47. The molecule has 0 fully saturated rings. The van der Waals surface area contributed by atoms with Crippen LogP contribution in [0.2, 0.25) is 0 Å². The van der Waals surface area contributed by atoms with E-state index in [0.29, 0.717) is 0 Å². The van der Waals surface area contributed by atoms with Gasteiger partial charge in [-0.1, -0.05) is 13.8 Å². The maximum absolute atomic E-state index is 6.22. The zero-order chi connectivity index (χ0) is 10.6. The Bertz CT molecular complexity index is 274. The van der Waals surface area contributed by atoms with E-state index in [2.05, 4.69) is 25.1 Å². The summed E-state index contributed by atoms with van der Waals surface area (Å²) < 4.78 is 1.84. The summed E-state index contributed by atoms with van der Waals surface area (Å²) in [5.74, 6) is 0. The van der Waals surface area contributed by atoms with E-state index in [1.807, 2.05) is 17.9 Å².